The molecule has 1 atom stereocenters. The maximum atomic E-state index is 13.3. The van der Waals surface area contributed by atoms with E-state index in [0.717, 1.165) is 11.1 Å². The number of ketones is 1. The average Bonchev–Trinajstić information content (AvgIpc) is 3.09. The van der Waals surface area contributed by atoms with E-state index in [1.54, 1.807) is 48.5 Å². The summed E-state index contributed by atoms with van der Waals surface area (Å²) in [6.45, 7) is 5.73. The van der Waals surface area contributed by atoms with Gasteiger partial charge >= 0.3 is 0 Å². The molecule has 1 N–H and O–H groups in total. The SMILES string of the molecule is COc1cccc(N2C(=O)C(=O)/C(=C(/O)c3cccc(OC(C)C)c3)C2c2ccccc2C)c1. The van der Waals surface area contributed by atoms with Crippen LogP contribution < -0.4 is 14.4 Å². The smallest absolute Gasteiger partial charge is 0.300 e. The van der Waals surface area contributed by atoms with Crippen LogP contribution in [0.15, 0.2) is 78.4 Å². The number of aliphatic hydroxyl groups is 1. The summed E-state index contributed by atoms with van der Waals surface area (Å²) in [6, 6.07) is 20.6. The molecule has 0 aromatic heterocycles. The number of benzene rings is 3. The number of methoxy groups -OCH3 is 1. The number of aliphatic hydroxyl groups excluding tert-OH is 1. The normalized spacial score (nSPS) is 17.3. The number of carbonyl (C=O) groups excluding carboxylic acids is 2. The molecule has 3 aromatic carbocycles. The maximum Gasteiger partial charge on any atom is 0.300 e. The van der Waals surface area contributed by atoms with E-state index in [9.17, 15) is 14.7 Å². The van der Waals surface area contributed by atoms with Crippen LogP contribution in [-0.4, -0.2) is 30.0 Å². The summed E-state index contributed by atoms with van der Waals surface area (Å²) in [5, 5.41) is 11.4. The molecule has 6 heteroatoms. The minimum Gasteiger partial charge on any atom is -0.507 e. The summed E-state index contributed by atoms with van der Waals surface area (Å²) < 4.78 is 11.1. The van der Waals surface area contributed by atoms with E-state index < -0.39 is 17.7 Å². The van der Waals surface area contributed by atoms with Crippen LogP contribution in [0.1, 0.15) is 36.6 Å². The standard InChI is InChI=1S/C28H27NO5/c1-17(2)34-22-13-7-10-19(15-22)26(30)24-25(23-14-6-5-9-18(23)3)29(28(32)27(24)31)20-11-8-12-21(16-20)33-4/h5-17,25,30H,1-4H3/b26-24+. The van der Waals surface area contributed by atoms with Crippen molar-refractivity contribution < 1.29 is 24.2 Å². The molecule has 0 spiro atoms. The molecule has 6 nitrogen and oxygen atoms in total. The molecule has 0 saturated carbocycles. The van der Waals surface area contributed by atoms with Gasteiger partial charge in [0.05, 0.1) is 24.8 Å². The number of anilines is 1. The van der Waals surface area contributed by atoms with Gasteiger partial charge in [-0.3, -0.25) is 14.5 Å². The molecule has 0 aliphatic carbocycles. The third-order valence-electron chi connectivity index (χ3n) is 5.74. The average molecular weight is 458 g/mol. The first-order valence-electron chi connectivity index (χ1n) is 11.1. The lowest BCUT2D eigenvalue weighted by atomic mass is 9.92. The zero-order chi connectivity index (χ0) is 24.4. The Kier molecular flexibility index (Phi) is 6.41. The highest BCUT2D eigenvalue weighted by Gasteiger charge is 2.47. The highest BCUT2D eigenvalue weighted by molar-refractivity contribution is 6.51. The van der Waals surface area contributed by atoms with Crippen LogP contribution in [0.5, 0.6) is 11.5 Å². The molecule has 0 radical (unpaired) electrons. The third kappa shape index (κ3) is 4.27. The quantitative estimate of drug-likeness (QED) is 0.304. The van der Waals surface area contributed by atoms with Gasteiger partial charge in [-0.15, -0.1) is 0 Å². The summed E-state index contributed by atoms with van der Waals surface area (Å²) >= 11 is 0. The van der Waals surface area contributed by atoms with Gasteiger partial charge in [-0.25, -0.2) is 0 Å². The topological polar surface area (TPSA) is 76.1 Å². The molecule has 174 valence electrons. The van der Waals surface area contributed by atoms with Crippen molar-refractivity contribution in [1.29, 1.82) is 0 Å². The molecule has 3 aromatic rings. The summed E-state index contributed by atoms with van der Waals surface area (Å²) in [5.74, 6) is -0.581. The van der Waals surface area contributed by atoms with Gasteiger partial charge in [-0.05, 0) is 56.2 Å². The van der Waals surface area contributed by atoms with Crippen LogP contribution in [0.25, 0.3) is 5.76 Å². The van der Waals surface area contributed by atoms with Gasteiger partial charge in [-0.1, -0.05) is 42.5 Å². The molecular weight excluding hydrogens is 430 g/mol. The predicted octanol–water partition coefficient (Wildman–Crippen LogP) is 5.42. The first-order valence-corrected chi connectivity index (χ1v) is 11.1. The summed E-state index contributed by atoms with van der Waals surface area (Å²) in [5.41, 5.74) is 2.58. The Morgan fingerprint density at radius 2 is 1.65 bits per heavy atom. The molecule has 1 unspecified atom stereocenters. The summed E-state index contributed by atoms with van der Waals surface area (Å²) in [6.07, 6.45) is -0.0528. The van der Waals surface area contributed by atoms with Gasteiger partial charge in [0.2, 0.25) is 0 Å². The fraction of sp³-hybridized carbons (Fsp3) is 0.214. The number of hydrogen-bond donors (Lipinski definition) is 1. The van der Waals surface area contributed by atoms with Gasteiger partial charge in [0, 0.05) is 17.3 Å². The van der Waals surface area contributed by atoms with Crippen molar-refractivity contribution in [3.8, 4) is 11.5 Å². The Balaban J connectivity index is 1.93. The van der Waals surface area contributed by atoms with E-state index in [4.69, 9.17) is 9.47 Å². The van der Waals surface area contributed by atoms with Crippen LogP contribution in [0.3, 0.4) is 0 Å². The van der Waals surface area contributed by atoms with Crippen molar-refractivity contribution in [1.82, 2.24) is 0 Å². The summed E-state index contributed by atoms with van der Waals surface area (Å²) in [4.78, 5) is 28.1. The molecule has 1 heterocycles. The number of hydrogen-bond acceptors (Lipinski definition) is 5. The molecule has 1 aliphatic rings. The number of ether oxygens (including phenoxy) is 2. The third-order valence-corrected chi connectivity index (χ3v) is 5.74. The Morgan fingerprint density at radius 1 is 0.941 bits per heavy atom. The predicted molar refractivity (Wildman–Crippen MR) is 131 cm³/mol. The zero-order valence-corrected chi connectivity index (χ0v) is 19.6. The molecule has 1 aliphatic heterocycles. The highest BCUT2D eigenvalue weighted by Crippen LogP contribution is 2.43. The first kappa shape index (κ1) is 23.1. The van der Waals surface area contributed by atoms with E-state index in [-0.39, 0.29) is 17.4 Å². The molecular formula is C28H27NO5. The van der Waals surface area contributed by atoms with Gasteiger partial charge < -0.3 is 14.6 Å². The monoisotopic (exact) mass is 457 g/mol. The van der Waals surface area contributed by atoms with Crippen molar-refractivity contribution in [2.24, 2.45) is 0 Å². The lowest BCUT2D eigenvalue weighted by Crippen LogP contribution is -2.29. The van der Waals surface area contributed by atoms with E-state index in [1.807, 2.05) is 45.0 Å². The molecule has 1 saturated heterocycles. The Hall–Kier alpha value is -4.06. The lowest BCUT2D eigenvalue weighted by molar-refractivity contribution is -0.132. The van der Waals surface area contributed by atoms with Crippen LogP contribution >= 0.6 is 0 Å². The van der Waals surface area contributed by atoms with E-state index in [0.29, 0.717) is 22.7 Å². The van der Waals surface area contributed by atoms with Crippen molar-refractivity contribution in [3.63, 3.8) is 0 Å². The number of Topliss-reactive ketones (excluding diaryl/α,β-unsaturated/α-hetero) is 1. The second kappa shape index (κ2) is 9.43. The molecule has 1 amide bonds. The van der Waals surface area contributed by atoms with Crippen LogP contribution in [0, 0.1) is 6.92 Å². The highest BCUT2D eigenvalue weighted by atomic mass is 16.5. The maximum absolute atomic E-state index is 13.3. The molecule has 1 fully saturated rings. The fourth-order valence-corrected chi connectivity index (χ4v) is 4.19. The lowest BCUT2D eigenvalue weighted by Gasteiger charge is -2.27. The number of nitrogens with zero attached hydrogens (tertiary/aromatic N) is 1. The molecule has 34 heavy (non-hydrogen) atoms. The fourth-order valence-electron chi connectivity index (χ4n) is 4.19. The van der Waals surface area contributed by atoms with Gasteiger partial charge in [0.25, 0.3) is 11.7 Å². The number of amides is 1. The van der Waals surface area contributed by atoms with Crippen molar-refractivity contribution >= 4 is 23.1 Å². The Morgan fingerprint density at radius 3 is 2.35 bits per heavy atom. The number of rotatable bonds is 6. The van der Waals surface area contributed by atoms with Gasteiger partial charge in [0.15, 0.2) is 0 Å². The second-order valence-corrected chi connectivity index (χ2v) is 8.42. The Bertz CT molecular complexity index is 1280. The van der Waals surface area contributed by atoms with Crippen LogP contribution in [0.4, 0.5) is 5.69 Å². The van der Waals surface area contributed by atoms with Crippen molar-refractivity contribution in [2.75, 3.05) is 12.0 Å². The molecule has 0 bridgehead atoms. The minimum atomic E-state index is -0.803. The van der Waals surface area contributed by atoms with Crippen molar-refractivity contribution in [2.45, 2.75) is 32.9 Å². The van der Waals surface area contributed by atoms with E-state index >= 15 is 0 Å². The van der Waals surface area contributed by atoms with Gasteiger partial charge in [0.1, 0.15) is 17.3 Å². The van der Waals surface area contributed by atoms with Crippen LogP contribution in [0.2, 0.25) is 0 Å². The molecule has 4 rings (SSSR count). The van der Waals surface area contributed by atoms with Crippen LogP contribution in [-0.2, 0) is 9.59 Å². The number of aryl methyl sites for hydroxylation is 1. The number of carbonyl (C=O) groups is 2. The second-order valence-electron chi connectivity index (χ2n) is 8.42. The summed E-state index contributed by atoms with van der Waals surface area (Å²) in [7, 11) is 1.54. The zero-order valence-electron chi connectivity index (χ0n) is 19.6. The minimum absolute atomic E-state index is 0.0313. The first-order chi connectivity index (χ1) is 16.3. The van der Waals surface area contributed by atoms with E-state index in [2.05, 4.69) is 0 Å². The van der Waals surface area contributed by atoms with Crippen molar-refractivity contribution in [3.05, 3.63) is 95.1 Å². The largest absolute Gasteiger partial charge is 0.507 e. The van der Waals surface area contributed by atoms with E-state index in [1.165, 1.54) is 12.0 Å². The Labute approximate surface area is 199 Å². The van der Waals surface area contributed by atoms with Gasteiger partial charge in [-0.2, -0.15) is 0 Å².